The van der Waals surface area contributed by atoms with Crippen LogP contribution in [0.1, 0.15) is 23.1 Å². The van der Waals surface area contributed by atoms with Crippen molar-refractivity contribution in [1.82, 2.24) is 18.8 Å². The highest BCUT2D eigenvalue weighted by Gasteiger charge is 2.29. The SMILES string of the molecule is CC(=O)c1cccc(S(=O)(=O)N2CCN(c3cc(-n4cccc4)nc(C)n3)CC2)c1. The van der Waals surface area contributed by atoms with E-state index in [1.807, 2.05) is 42.1 Å². The fraction of sp³-hybridized carbons (Fsp3) is 0.286. The van der Waals surface area contributed by atoms with Crippen molar-refractivity contribution in [3.63, 3.8) is 0 Å². The van der Waals surface area contributed by atoms with Crippen LogP contribution in [0.25, 0.3) is 5.82 Å². The van der Waals surface area contributed by atoms with Gasteiger partial charge < -0.3 is 9.47 Å². The first-order chi connectivity index (χ1) is 14.3. The third-order valence-corrected chi connectivity index (χ3v) is 7.02. The van der Waals surface area contributed by atoms with Gasteiger partial charge >= 0.3 is 0 Å². The summed E-state index contributed by atoms with van der Waals surface area (Å²) in [7, 11) is -3.66. The van der Waals surface area contributed by atoms with E-state index in [-0.39, 0.29) is 10.7 Å². The maximum atomic E-state index is 13.0. The van der Waals surface area contributed by atoms with E-state index in [0.717, 1.165) is 11.6 Å². The van der Waals surface area contributed by atoms with Crippen molar-refractivity contribution in [2.24, 2.45) is 0 Å². The number of carbonyl (C=O) groups is 1. The minimum atomic E-state index is -3.66. The molecule has 0 bridgehead atoms. The molecule has 9 heteroatoms. The van der Waals surface area contributed by atoms with Crippen molar-refractivity contribution in [2.75, 3.05) is 31.1 Å². The van der Waals surface area contributed by atoms with Gasteiger partial charge in [-0.2, -0.15) is 4.31 Å². The van der Waals surface area contributed by atoms with Gasteiger partial charge in [0.1, 0.15) is 17.5 Å². The number of piperazine rings is 1. The van der Waals surface area contributed by atoms with Gasteiger partial charge in [0.05, 0.1) is 4.90 Å². The van der Waals surface area contributed by atoms with Gasteiger partial charge in [-0.3, -0.25) is 4.79 Å². The Kier molecular flexibility index (Phi) is 5.40. The number of benzene rings is 1. The molecule has 0 atom stereocenters. The van der Waals surface area contributed by atoms with E-state index < -0.39 is 10.0 Å². The van der Waals surface area contributed by atoms with Gasteiger partial charge in [0.15, 0.2) is 5.78 Å². The molecule has 0 spiro atoms. The molecule has 0 saturated carbocycles. The Hall–Kier alpha value is -3.04. The number of aromatic nitrogens is 3. The maximum absolute atomic E-state index is 13.0. The minimum Gasteiger partial charge on any atom is -0.354 e. The standard InChI is InChI=1S/C21H23N5O3S/c1-16(27)18-6-5-7-19(14-18)30(28,29)26-12-10-25(11-13-26)21-15-20(22-17(2)23-21)24-8-3-4-9-24/h3-9,14-15H,10-13H2,1-2H3. The molecule has 1 fully saturated rings. The molecule has 0 N–H and O–H groups in total. The number of hydrogen-bond acceptors (Lipinski definition) is 6. The zero-order valence-electron chi connectivity index (χ0n) is 16.9. The van der Waals surface area contributed by atoms with Crippen LogP contribution in [0.15, 0.2) is 59.8 Å². The first-order valence-corrected chi connectivity index (χ1v) is 11.1. The zero-order chi connectivity index (χ0) is 21.3. The first kappa shape index (κ1) is 20.2. The predicted octanol–water partition coefficient (Wildman–Crippen LogP) is 2.29. The average molecular weight is 426 g/mol. The van der Waals surface area contributed by atoms with E-state index in [9.17, 15) is 13.2 Å². The number of sulfonamides is 1. The highest BCUT2D eigenvalue weighted by atomic mass is 32.2. The van der Waals surface area contributed by atoms with Crippen molar-refractivity contribution >= 4 is 21.6 Å². The lowest BCUT2D eigenvalue weighted by Gasteiger charge is -2.34. The van der Waals surface area contributed by atoms with E-state index in [1.165, 1.54) is 23.4 Å². The lowest BCUT2D eigenvalue weighted by Crippen LogP contribution is -2.49. The summed E-state index contributed by atoms with van der Waals surface area (Å²) < 4.78 is 29.5. The summed E-state index contributed by atoms with van der Waals surface area (Å²) in [6.45, 7) is 5.00. The van der Waals surface area contributed by atoms with Crippen molar-refractivity contribution in [3.8, 4) is 5.82 Å². The fourth-order valence-electron chi connectivity index (χ4n) is 3.50. The maximum Gasteiger partial charge on any atom is 0.243 e. The van der Waals surface area contributed by atoms with Gasteiger partial charge in [-0.05, 0) is 38.1 Å². The number of ketones is 1. The van der Waals surface area contributed by atoms with E-state index in [1.54, 1.807) is 12.1 Å². The van der Waals surface area contributed by atoms with Crippen molar-refractivity contribution < 1.29 is 13.2 Å². The number of hydrogen-bond donors (Lipinski definition) is 0. The topological polar surface area (TPSA) is 88.4 Å². The van der Waals surface area contributed by atoms with E-state index in [0.29, 0.717) is 37.6 Å². The molecule has 1 aliphatic rings. The van der Waals surface area contributed by atoms with Crippen LogP contribution in [0.5, 0.6) is 0 Å². The second-order valence-corrected chi connectivity index (χ2v) is 9.13. The third kappa shape index (κ3) is 3.99. The van der Waals surface area contributed by atoms with Gasteiger partial charge in [0.25, 0.3) is 0 Å². The molecule has 8 nitrogen and oxygen atoms in total. The molecule has 2 aromatic heterocycles. The van der Waals surface area contributed by atoms with Gasteiger partial charge in [-0.1, -0.05) is 12.1 Å². The Labute approximate surface area is 175 Å². The van der Waals surface area contributed by atoms with Crippen LogP contribution in [0.4, 0.5) is 5.82 Å². The van der Waals surface area contributed by atoms with Crippen LogP contribution in [-0.4, -0.2) is 59.2 Å². The number of anilines is 1. The second-order valence-electron chi connectivity index (χ2n) is 7.20. The Morgan fingerprint density at radius 3 is 2.27 bits per heavy atom. The molecule has 4 rings (SSSR count). The van der Waals surface area contributed by atoms with Gasteiger partial charge in [-0.15, -0.1) is 0 Å². The lowest BCUT2D eigenvalue weighted by molar-refractivity contribution is 0.101. The molecule has 0 amide bonds. The average Bonchev–Trinajstić information content (AvgIpc) is 3.28. The summed E-state index contributed by atoms with van der Waals surface area (Å²) in [4.78, 5) is 22.8. The highest BCUT2D eigenvalue weighted by Crippen LogP contribution is 2.22. The van der Waals surface area contributed by atoms with Crippen LogP contribution in [0.2, 0.25) is 0 Å². The van der Waals surface area contributed by atoms with E-state index in [4.69, 9.17) is 0 Å². The number of nitrogens with zero attached hydrogens (tertiary/aromatic N) is 5. The Morgan fingerprint density at radius 1 is 0.933 bits per heavy atom. The molecule has 156 valence electrons. The van der Waals surface area contributed by atoms with Crippen molar-refractivity contribution in [3.05, 3.63) is 66.2 Å². The molecule has 0 aliphatic carbocycles. The molecular weight excluding hydrogens is 402 g/mol. The number of carbonyl (C=O) groups excluding carboxylic acids is 1. The number of Topliss-reactive ketones (excluding diaryl/α,β-unsaturated/α-hetero) is 1. The summed E-state index contributed by atoms with van der Waals surface area (Å²) >= 11 is 0. The Morgan fingerprint density at radius 2 is 1.60 bits per heavy atom. The third-order valence-electron chi connectivity index (χ3n) is 5.12. The predicted molar refractivity (Wildman–Crippen MR) is 114 cm³/mol. The molecule has 3 aromatic rings. The quantitative estimate of drug-likeness (QED) is 0.583. The van der Waals surface area contributed by atoms with Crippen LogP contribution in [-0.2, 0) is 10.0 Å². The number of aryl methyl sites for hydroxylation is 1. The highest BCUT2D eigenvalue weighted by molar-refractivity contribution is 7.89. The number of rotatable bonds is 5. The van der Waals surface area contributed by atoms with Crippen molar-refractivity contribution in [2.45, 2.75) is 18.7 Å². The van der Waals surface area contributed by atoms with Gasteiger partial charge in [0, 0.05) is 50.2 Å². The smallest absolute Gasteiger partial charge is 0.243 e. The normalized spacial score (nSPS) is 15.3. The first-order valence-electron chi connectivity index (χ1n) is 9.70. The van der Waals surface area contributed by atoms with E-state index in [2.05, 4.69) is 14.9 Å². The lowest BCUT2D eigenvalue weighted by atomic mass is 10.2. The summed E-state index contributed by atoms with van der Waals surface area (Å²) in [5.74, 6) is 2.06. The van der Waals surface area contributed by atoms with Crippen LogP contribution >= 0.6 is 0 Å². The molecule has 0 unspecified atom stereocenters. The molecular formula is C21H23N5O3S. The van der Waals surface area contributed by atoms with Crippen LogP contribution in [0, 0.1) is 6.92 Å². The molecule has 30 heavy (non-hydrogen) atoms. The Bertz CT molecular complexity index is 1170. The molecule has 1 saturated heterocycles. The van der Waals surface area contributed by atoms with Gasteiger partial charge in [-0.25, -0.2) is 18.4 Å². The monoisotopic (exact) mass is 425 g/mol. The minimum absolute atomic E-state index is 0.149. The van der Waals surface area contributed by atoms with Crippen LogP contribution < -0.4 is 4.90 Å². The fourth-order valence-corrected chi connectivity index (χ4v) is 4.97. The largest absolute Gasteiger partial charge is 0.354 e. The molecule has 3 heterocycles. The van der Waals surface area contributed by atoms with Gasteiger partial charge in [0.2, 0.25) is 10.0 Å². The summed E-state index contributed by atoms with van der Waals surface area (Å²) in [5.41, 5.74) is 0.392. The summed E-state index contributed by atoms with van der Waals surface area (Å²) in [6.07, 6.45) is 3.84. The van der Waals surface area contributed by atoms with Crippen LogP contribution in [0.3, 0.4) is 0 Å². The van der Waals surface area contributed by atoms with E-state index >= 15 is 0 Å². The Balaban J connectivity index is 1.52. The molecule has 0 radical (unpaired) electrons. The molecule has 1 aromatic carbocycles. The second kappa shape index (κ2) is 8.00. The van der Waals surface area contributed by atoms with Crippen molar-refractivity contribution in [1.29, 1.82) is 0 Å². The summed E-state index contributed by atoms with van der Waals surface area (Å²) in [6, 6.07) is 12.0. The zero-order valence-corrected chi connectivity index (χ0v) is 17.7. The molecule has 1 aliphatic heterocycles. The summed E-state index contributed by atoms with van der Waals surface area (Å²) in [5, 5.41) is 0.